The number of hydrogen-bond acceptors (Lipinski definition) is 0. The van der Waals surface area contributed by atoms with Crippen LogP contribution in [0.3, 0.4) is 0 Å². The summed E-state index contributed by atoms with van der Waals surface area (Å²) < 4.78 is 0. The molecule has 0 aromatic carbocycles. The summed E-state index contributed by atoms with van der Waals surface area (Å²) in [6, 6.07) is 0. The molecule has 0 amide bonds. The van der Waals surface area contributed by atoms with Crippen molar-refractivity contribution in [3.8, 4) is 11.5 Å². The summed E-state index contributed by atoms with van der Waals surface area (Å²) in [4.78, 5) is 0. The van der Waals surface area contributed by atoms with Gasteiger partial charge in [-0.25, -0.2) is 0 Å². The largest absolute Gasteiger partial charge is 0.132 e. The zero-order chi connectivity index (χ0) is 15.8. The van der Waals surface area contributed by atoms with Gasteiger partial charge >= 0.3 is 0 Å². The average Bonchev–Trinajstić information content (AvgIpc) is 2.42. The lowest BCUT2D eigenvalue weighted by Gasteiger charge is -2.03. The van der Waals surface area contributed by atoms with Gasteiger partial charge in [0, 0.05) is 11.8 Å². The maximum absolute atomic E-state index is 3.49. The van der Waals surface area contributed by atoms with E-state index in [0.717, 1.165) is 6.42 Å². The van der Waals surface area contributed by atoms with Crippen LogP contribution in [-0.4, -0.2) is 13.4 Å². The predicted molar refractivity (Wildman–Crippen MR) is 105 cm³/mol. The molecule has 0 heterocycles. The molecule has 0 aliphatic rings. The second kappa shape index (κ2) is 15.2. The van der Waals surface area contributed by atoms with Crippen molar-refractivity contribution in [1.29, 1.82) is 0 Å². The van der Waals surface area contributed by atoms with Crippen LogP contribution < -0.4 is 0 Å². The highest BCUT2D eigenvalue weighted by Crippen LogP contribution is 2.12. The van der Waals surface area contributed by atoms with Crippen molar-refractivity contribution in [1.82, 2.24) is 0 Å². The third-order valence-corrected chi connectivity index (χ3v) is 5.14. The Morgan fingerprint density at radius 1 is 0.619 bits per heavy atom. The topological polar surface area (TPSA) is 0 Å². The molecule has 0 saturated carbocycles. The summed E-state index contributed by atoms with van der Waals surface area (Å²) in [5.74, 6) is 3.37. The van der Waals surface area contributed by atoms with Crippen molar-refractivity contribution in [2.75, 3.05) is 5.33 Å². The lowest BCUT2D eigenvalue weighted by molar-refractivity contribution is 0.546. The fourth-order valence-electron chi connectivity index (χ4n) is 2.40. The molecule has 2 heteroatoms. The molecule has 0 N–H and O–H groups in total. The van der Waals surface area contributed by atoms with Gasteiger partial charge in [-0.1, -0.05) is 99.8 Å². The van der Waals surface area contributed by atoms with Crippen LogP contribution in [0.15, 0.2) is 0 Å². The first kappa shape index (κ1) is 21.3. The minimum absolute atomic E-state index is 1.12. The third kappa shape index (κ3) is 20.3. The Balaban J connectivity index is 3.10. The van der Waals surface area contributed by atoms with E-state index in [-0.39, 0.29) is 0 Å². The maximum atomic E-state index is 3.49. The van der Waals surface area contributed by atoms with Gasteiger partial charge in [-0.15, -0.1) is 11.5 Å². The average molecular weight is 373 g/mol. The number of rotatable bonds is 13. The lowest BCUT2D eigenvalue weighted by atomic mass is 10.0. The standard InChI is InChI=1S/C19H37BrSi/c1-21(2,3)19-17-15-13-11-9-7-5-4-6-8-10-12-14-16-18-20/h4-16,18H2,1-3H3. The summed E-state index contributed by atoms with van der Waals surface area (Å²) in [5.41, 5.74) is 3.45. The fraction of sp³-hybridized carbons (Fsp3) is 0.895. The lowest BCUT2D eigenvalue weighted by Crippen LogP contribution is -2.16. The fourth-order valence-corrected chi connectivity index (χ4v) is 3.46. The molecule has 0 fully saturated rings. The molecule has 0 atom stereocenters. The summed E-state index contributed by atoms with van der Waals surface area (Å²) in [7, 11) is -1.13. The Hall–Kier alpha value is 0.257. The number of hydrogen-bond donors (Lipinski definition) is 0. The molecule has 0 aliphatic carbocycles. The van der Waals surface area contributed by atoms with Gasteiger partial charge in [-0.3, -0.25) is 0 Å². The molecule has 0 bridgehead atoms. The highest BCUT2D eigenvalue weighted by molar-refractivity contribution is 9.09. The molecule has 0 aliphatic heterocycles. The smallest absolute Gasteiger partial charge is 0.129 e. The molecule has 0 saturated heterocycles. The van der Waals surface area contributed by atoms with Crippen LogP contribution in [0.5, 0.6) is 0 Å². The van der Waals surface area contributed by atoms with E-state index in [4.69, 9.17) is 0 Å². The van der Waals surface area contributed by atoms with Gasteiger partial charge in [0.2, 0.25) is 0 Å². The van der Waals surface area contributed by atoms with Crippen molar-refractivity contribution in [3.05, 3.63) is 0 Å². The Bertz CT molecular complexity index is 270. The van der Waals surface area contributed by atoms with E-state index in [0.29, 0.717) is 0 Å². The molecule has 21 heavy (non-hydrogen) atoms. The summed E-state index contributed by atoms with van der Waals surface area (Å²) >= 11 is 3.49. The van der Waals surface area contributed by atoms with E-state index in [2.05, 4.69) is 47.0 Å². The van der Waals surface area contributed by atoms with E-state index >= 15 is 0 Å². The van der Waals surface area contributed by atoms with Crippen LogP contribution in [0.2, 0.25) is 19.6 Å². The highest BCUT2D eigenvalue weighted by Gasteiger charge is 2.06. The van der Waals surface area contributed by atoms with E-state index in [1.54, 1.807) is 0 Å². The molecule has 0 radical (unpaired) electrons. The Morgan fingerprint density at radius 2 is 1.00 bits per heavy atom. The summed E-state index contributed by atoms with van der Waals surface area (Å²) in [6.45, 7) is 6.96. The molecule has 0 aromatic rings. The van der Waals surface area contributed by atoms with Crippen LogP contribution in [-0.2, 0) is 0 Å². The Labute approximate surface area is 144 Å². The van der Waals surface area contributed by atoms with Crippen molar-refractivity contribution >= 4 is 24.0 Å². The maximum Gasteiger partial charge on any atom is 0.129 e. The van der Waals surface area contributed by atoms with Gasteiger partial charge in [0.15, 0.2) is 0 Å². The quantitative estimate of drug-likeness (QED) is 0.137. The normalized spacial score (nSPS) is 11.2. The molecule has 0 nitrogen and oxygen atoms in total. The van der Waals surface area contributed by atoms with Crippen LogP contribution >= 0.6 is 15.9 Å². The van der Waals surface area contributed by atoms with E-state index < -0.39 is 8.07 Å². The Morgan fingerprint density at radius 3 is 1.38 bits per heavy atom. The second-order valence-electron chi connectivity index (χ2n) is 7.23. The third-order valence-electron chi connectivity index (χ3n) is 3.65. The van der Waals surface area contributed by atoms with Crippen LogP contribution in [0.4, 0.5) is 0 Å². The first-order chi connectivity index (χ1) is 10.1. The zero-order valence-corrected chi connectivity index (χ0v) is 17.4. The van der Waals surface area contributed by atoms with E-state index in [9.17, 15) is 0 Å². The van der Waals surface area contributed by atoms with Crippen molar-refractivity contribution in [2.24, 2.45) is 0 Å². The monoisotopic (exact) mass is 372 g/mol. The van der Waals surface area contributed by atoms with Gasteiger partial charge in [0.25, 0.3) is 0 Å². The number of alkyl halides is 1. The van der Waals surface area contributed by atoms with Gasteiger partial charge in [0.05, 0.1) is 0 Å². The van der Waals surface area contributed by atoms with E-state index in [1.807, 2.05) is 0 Å². The second-order valence-corrected chi connectivity index (χ2v) is 12.8. The molecule has 0 rings (SSSR count). The van der Waals surface area contributed by atoms with Gasteiger partial charge in [-0.05, 0) is 12.8 Å². The summed E-state index contributed by atoms with van der Waals surface area (Å²) in [5, 5.41) is 1.18. The van der Waals surface area contributed by atoms with Crippen molar-refractivity contribution in [2.45, 2.75) is 103 Å². The molecule has 0 spiro atoms. The number of halogens is 1. The van der Waals surface area contributed by atoms with Crippen molar-refractivity contribution in [3.63, 3.8) is 0 Å². The summed E-state index contributed by atoms with van der Waals surface area (Å²) in [6.07, 6.45) is 18.1. The first-order valence-corrected chi connectivity index (χ1v) is 13.7. The van der Waals surface area contributed by atoms with Gasteiger partial charge < -0.3 is 0 Å². The van der Waals surface area contributed by atoms with Crippen LogP contribution in [0.25, 0.3) is 0 Å². The molecular weight excluding hydrogens is 336 g/mol. The molecule has 0 unspecified atom stereocenters. The van der Waals surface area contributed by atoms with Gasteiger partial charge in [0.1, 0.15) is 8.07 Å². The molecule has 0 aromatic heterocycles. The zero-order valence-electron chi connectivity index (χ0n) is 14.8. The highest BCUT2D eigenvalue weighted by atomic mass is 79.9. The van der Waals surface area contributed by atoms with E-state index in [1.165, 1.54) is 82.4 Å². The first-order valence-electron chi connectivity index (χ1n) is 9.12. The SMILES string of the molecule is C[Si](C)(C)C#CCCCCCCCCCCCCCCBr. The minimum atomic E-state index is -1.13. The molecular formula is C19H37BrSi. The molecule has 124 valence electrons. The minimum Gasteiger partial charge on any atom is -0.132 e. The Kier molecular flexibility index (Phi) is 15.3. The number of unbranched alkanes of at least 4 members (excludes halogenated alkanes) is 12. The van der Waals surface area contributed by atoms with Crippen molar-refractivity contribution < 1.29 is 0 Å². The van der Waals surface area contributed by atoms with Crippen LogP contribution in [0.1, 0.15) is 83.5 Å². The van der Waals surface area contributed by atoms with Crippen LogP contribution in [0, 0.1) is 11.5 Å². The predicted octanol–water partition coefficient (Wildman–Crippen LogP) is 7.33. The van der Waals surface area contributed by atoms with Gasteiger partial charge in [-0.2, -0.15) is 0 Å².